The average molecular weight is 275 g/mol. The molecule has 0 bridgehead atoms. The lowest BCUT2D eigenvalue weighted by atomic mass is 10.2. The van der Waals surface area contributed by atoms with Gasteiger partial charge in [0.15, 0.2) is 0 Å². The molecule has 0 aromatic rings. The molecule has 0 saturated carbocycles. The largest absolute Gasteiger partial charge is 0.468 e. The number of ether oxygens (including phenoxy) is 1. The molecule has 1 aliphatic heterocycles. The van der Waals surface area contributed by atoms with Gasteiger partial charge in [0.2, 0.25) is 5.91 Å². The van der Waals surface area contributed by atoms with Gasteiger partial charge in [-0.15, -0.1) is 0 Å². The predicted octanol–water partition coefficient (Wildman–Crippen LogP) is 0.656. The summed E-state index contributed by atoms with van der Waals surface area (Å²) in [6, 6.07) is 0.0141. The summed E-state index contributed by atoms with van der Waals surface area (Å²) in [5.41, 5.74) is 0. The third-order valence-electron chi connectivity index (χ3n) is 3.05. The number of likely N-dealkylation sites (tertiary alicyclic amines) is 1. The first-order valence-electron chi connectivity index (χ1n) is 6.24. The number of thioether (sulfide) groups is 1. The van der Waals surface area contributed by atoms with E-state index in [1.165, 1.54) is 7.11 Å². The van der Waals surface area contributed by atoms with Crippen molar-refractivity contribution < 1.29 is 19.4 Å². The number of carbonyl (C=O) groups excluding carboxylic acids is 2. The van der Waals surface area contributed by atoms with Crippen LogP contribution in [-0.4, -0.2) is 59.7 Å². The Kier molecular flexibility index (Phi) is 7.12. The standard InChI is InChI=1S/C12H21NO4S/c1-17-12(16)9-18-7-3-2-6-13-10(8-14)4-5-11(13)15/h10,14H,2-9H2,1H3/t10-/m1/s1. The fourth-order valence-electron chi connectivity index (χ4n) is 1.99. The molecule has 0 aromatic carbocycles. The summed E-state index contributed by atoms with van der Waals surface area (Å²) < 4.78 is 4.54. The van der Waals surface area contributed by atoms with E-state index >= 15 is 0 Å². The summed E-state index contributed by atoms with van der Waals surface area (Å²) in [5, 5.41) is 9.13. The maximum Gasteiger partial charge on any atom is 0.315 e. The number of aliphatic hydroxyl groups is 1. The maximum atomic E-state index is 11.5. The molecular weight excluding hydrogens is 254 g/mol. The van der Waals surface area contributed by atoms with Gasteiger partial charge in [-0.25, -0.2) is 0 Å². The lowest BCUT2D eigenvalue weighted by Gasteiger charge is -2.22. The Morgan fingerprint density at radius 3 is 3.00 bits per heavy atom. The van der Waals surface area contributed by atoms with Crippen LogP contribution in [0.5, 0.6) is 0 Å². The number of amides is 1. The number of methoxy groups -OCH3 is 1. The number of rotatable bonds is 8. The van der Waals surface area contributed by atoms with Crippen LogP contribution in [0.3, 0.4) is 0 Å². The van der Waals surface area contributed by atoms with Gasteiger partial charge < -0.3 is 14.7 Å². The third kappa shape index (κ3) is 4.86. The Hall–Kier alpha value is -0.750. The molecule has 6 heteroatoms. The van der Waals surface area contributed by atoms with Crippen LogP contribution in [-0.2, 0) is 14.3 Å². The molecule has 1 heterocycles. The van der Waals surface area contributed by atoms with Crippen molar-refractivity contribution in [1.29, 1.82) is 0 Å². The van der Waals surface area contributed by atoms with Crippen molar-refractivity contribution in [3.8, 4) is 0 Å². The maximum absolute atomic E-state index is 11.5. The summed E-state index contributed by atoms with van der Waals surface area (Å²) in [6.07, 6.45) is 3.20. The molecule has 5 nitrogen and oxygen atoms in total. The van der Waals surface area contributed by atoms with E-state index in [1.54, 1.807) is 16.7 Å². The SMILES string of the molecule is COC(=O)CSCCCCN1C(=O)CC[C@@H]1CO. The fraction of sp³-hybridized carbons (Fsp3) is 0.833. The van der Waals surface area contributed by atoms with Crippen molar-refractivity contribution in [2.75, 3.05) is 31.8 Å². The van der Waals surface area contributed by atoms with Crippen LogP contribution in [0.2, 0.25) is 0 Å². The number of unbranched alkanes of at least 4 members (excludes halogenated alkanes) is 1. The molecule has 0 spiro atoms. The number of nitrogens with zero attached hydrogens (tertiary/aromatic N) is 1. The van der Waals surface area contributed by atoms with Crippen LogP contribution in [0.25, 0.3) is 0 Å². The lowest BCUT2D eigenvalue weighted by molar-refractivity contribution is -0.137. The van der Waals surface area contributed by atoms with Crippen LogP contribution in [0.15, 0.2) is 0 Å². The zero-order chi connectivity index (χ0) is 13.4. The molecule has 0 radical (unpaired) electrons. The van der Waals surface area contributed by atoms with E-state index in [9.17, 15) is 9.59 Å². The highest BCUT2D eigenvalue weighted by atomic mass is 32.2. The van der Waals surface area contributed by atoms with Gasteiger partial charge in [0.05, 0.1) is 25.5 Å². The Morgan fingerprint density at radius 1 is 1.56 bits per heavy atom. The van der Waals surface area contributed by atoms with E-state index < -0.39 is 0 Å². The van der Waals surface area contributed by atoms with E-state index in [2.05, 4.69) is 4.74 Å². The quantitative estimate of drug-likeness (QED) is 0.520. The van der Waals surface area contributed by atoms with Crippen LogP contribution in [0.1, 0.15) is 25.7 Å². The minimum Gasteiger partial charge on any atom is -0.468 e. The Labute approximate surface area is 112 Å². The van der Waals surface area contributed by atoms with Crippen molar-refractivity contribution in [2.45, 2.75) is 31.7 Å². The van der Waals surface area contributed by atoms with Gasteiger partial charge in [-0.05, 0) is 25.0 Å². The second-order valence-corrected chi connectivity index (χ2v) is 5.40. The summed E-state index contributed by atoms with van der Waals surface area (Å²) in [4.78, 5) is 24.2. The van der Waals surface area contributed by atoms with Crippen molar-refractivity contribution in [3.63, 3.8) is 0 Å². The van der Waals surface area contributed by atoms with Crippen molar-refractivity contribution in [3.05, 3.63) is 0 Å². The zero-order valence-electron chi connectivity index (χ0n) is 10.8. The van der Waals surface area contributed by atoms with E-state index in [4.69, 9.17) is 5.11 Å². The minimum absolute atomic E-state index is 0.0141. The molecule has 1 N–H and O–H groups in total. The smallest absolute Gasteiger partial charge is 0.315 e. The van der Waals surface area contributed by atoms with Gasteiger partial charge in [0.1, 0.15) is 0 Å². The molecule has 0 aromatic heterocycles. The van der Waals surface area contributed by atoms with Gasteiger partial charge in [-0.2, -0.15) is 11.8 Å². The monoisotopic (exact) mass is 275 g/mol. The molecular formula is C12H21NO4S. The zero-order valence-corrected chi connectivity index (χ0v) is 11.6. The van der Waals surface area contributed by atoms with Gasteiger partial charge in [-0.1, -0.05) is 0 Å². The average Bonchev–Trinajstić information content (AvgIpc) is 2.74. The molecule has 104 valence electrons. The Balaban J connectivity index is 2.07. The second-order valence-electron chi connectivity index (χ2n) is 4.30. The Morgan fingerprint density at radius 2 is 2.33 bits per heavy atom. The van der Waals surface area contributed by atoms with Crippen molar-refractivity contribution in [2.24, 2.45) is 0 Å². The van der Waals surface area contributed by atoms with E-state index in [1.807, 2.05) is 0 Å². The molecule has 1 saturated heterocycles. The molecule has 1 amide bonds. The topological polar surface area (TPSA) is 66.8 Å². The van der Waals surface area contributed by atoms with Crippen LogP contribution in [0.4, 0.5) is 0 Å². The molecule has 18 heavy (non-hydrogen) atoms. The lowest BCUT2D eigenvalue weighted by Crippen LogP contribution is -2.36. The summed E-state index contributed by atoms with van der Waals surface area (Å²) in [5.74, 6) is 1.23. The van der Waals surface area contributed by atoms with E-state index in [-0.39, 0.29) is 24.5 Å². The summed E-state index contributed by atoms with van der Waals surface area (Å²) >= 11 is 1.55. The van der Waals surface area contributed by atoms with Crippen LogP contribution >= 0.6 is 11.8 Å². The van der Waals surface area contributed by atoms with Gasteiger partial charge in [0.25, 0.3) is 0 Å². The highest BCUT2D eigenvalue weighted by Crippen LogP contribution is 2.19. The number of hydrogen-bond acceptors (Lipinski definition) is 5. The first kappa shape index (κ1) is 15.3. The molecule has 1 rings (SSSR count). The van der Waals surface area contributed by atoms with Crippen molar-refractivity contribution >= 4 is 23.6 Å². The van der Waals surface area contributed by atoms with Gasteiger partial charge in [0, 0.05) is 13.0 Å². The number of aliphatic hydroxyl groups excluding tert-OH is 1. The highest BCUT2D eigenvalue weighted by Gasteiger charge is 2.29. The number of esters is 1. The van der Waals surface area contributed by atoms with Gasteiger partial charge >= 0.3 is 5.97 Å². The molecule has 0 unspecified atom stereocenters. The molecule has 1 aliphatic rings. The predicted molar refractivity (Wildman–Crippen MR) is 70.4 cm³/mol. The van der Waals surface area contributed by atoms with Crippen LogP contribution < -0.4 is 0 Å². The first-order valence-corrected chi connectivity index (χ1v) is 7.39. The van der Waals surface area contributed by atoms with E-state index in [0.29, 0.717) is 18.7 Å². The number of hydrogen-bond donors (Lipinski definition) is 1. The normalized spacial score (nSPS) is 19.3. The molecule has 1 atom stereocenters. The fourth-order valence-corrected chi connectivity index (χ4v) is 2.83. The number of carbonyl (C=O) groups is 2. The van der Waals surface area contributed by atoms with E-state index in [0.717, 1.165) is 25.0 Å². The summed E-state index contributed by atoms with van der Waals surface area (Å²) in [7, 11) is 1.39. The minimum atomic E-state index is -0.199. The van der Waals surface area contributed by atoms with Gasteiger partial charge in [-0.3, -0.25) is 9.59 Å². The highest BCUT2D eigenvalue weighted by molar-refractivity contribution is 7.99. The van der Waals surface area contributed by atoms with Crippen LogP contribution in [0, 0.1) is 0 Å². The second kappa shape index (κ2) is 8.37. The third-order valence-corrected chi connectivity index (χ3v) is 4.07. The first-order chi connectivity index (χ1) is 8.69. The summed E-state index contributed by atoms with van der Waals surface area (Å²) in [6.45, 7) is 0.770. The molecule has 1 fully saturated rings. The Bertz CT molecular complexity index is 285. The van der Waals surface area contributed by atoms with Crippen molar-refractivity contribution in [1.82, 2.24) is 4.90 Å². The molecule has 0 aliphatic carbocycles.